The molecule has 3 rings (SSSR count). The minimum atomic E-state index is -3.93. The highest BCUT2D eigenvalue weighted by molar-refractivity contribution is 7.92. The molecule has 1 aliphatic rings. The molecular weight excluding hydrogens is 359 g/mol. The zero-order valence-corrected chi connectivity index (χ0v) is 15.0. The van der Waals surface area contributed by atoms with Gasteiger partial charge in [0, 0.05) is 12.1 Å². The van der Waals surface area contributed by atoms with Gasteiger partial charge in [-0.25, -0.2) is 12.8 Å². The van der Waals surface area contributed by atoms with Crippen LogP contribution < -0.4 is 14.8 Å². The summed E-state index contributed by atoms with van der Waals surface area (Å²) in [6.07, 6.45) is 0.221. The topological polar surface area (TPSA) is 89.7 Å². The Labute approximate surface area is 151 Å². The Morgan fingerprint density at radius 1 is 1.27 bits per heavy atom. The molecule has 2 N–H and O–H groups in total. The highest BCUT2D eigenvalue weighted by atomic mass is 32.2. The Morgan fingerprint density at radius 2 is 1.96 bits per heavy atom. The molecule has 0 bridgehead atoms. The Hall–Kier alpha value is -2.61. The van der Waals surface area contributed by atoms with Crippen LogP contribution in [0.4, 0.5) is 15.8 Å². The number of ether oxygens (including phenoxy) is 1. The summed E-state index contributed by atoms with van der Waals surface area (Å²) in [5.74, 6) is -0.135. The van der Waals surface area contributed by atoms with E-state index in [4.69, 9.17) is 10.5 Å². The zero-order chi connectivity index (χ0) is 18.9. The molecule has 0 saturated heterocycles. The molecular formula is C18H19FN2O4S. The molecule has 8 heteroatoms. The van der Waals surface area contributed by atoms with Crippen molar-refractivity contribution in [3.05, 3.63) is 48.3 Å². The Bertz CT molecular complexity index is 929. The van der Waals surface area contributed by atoms with Gasteiger partial charge in [-0.3, -0.25) is 4.31 Å². The first kappa shape index (κ1) is 18.2. The molecule has 0 aliphatic carbocycles. The van der Waals surface area contributed by atoms with Crippen LogP contribution in [0.1, 0.15) is 19.8 Å². The van der Waals surface area contributed by atoms with Gasteiger partial charge in [-0.15, -0.1) is 0 Å². The zero-order valence-electron chi connectivity index (χ0n) is 14.2. The third-order valence-corrected chi connectivity index (χ3v) is 5.93. The summed E-state index contributed by atoms with van der Waals surface area (Å²) >= 11 is 0. The van der Waals surface area contributed by atoms with Gasteiger partial charge in [0.2, 0.25) is 0 Å². The van der Waals surface area contributed by atoms with Crippen molar-refractivity contribution in [1.82, 2.24) is 0 Å². The number of halogens is 1. The van der Waals surface area contributed by atoms with Crippen LogP contribution in [0.5, 0.6) is 5.75 Å². The van der Waals surface area contributed by atoms with Crippen molar-refractivity contribution < 1.29 is 22.3 Å². The Morgan fingerprint density at radius 3 is 2.62 bits per heavy atom. The molecule has 138 valence electrons. The smallest absolute Gasteiger partial charge is 0.264 e. The molecule has 0 unspecified atom stereocenters. The summed E-state index contributed by atoms with van der Waals surface area (Å²) < 4.78 is 46.4. The molecule has 1 aliphatic heterocycles. The molecule has 0 amide bonds. The Kier molecular flexibility index (Phi) is 4.86. The van der Waals surface area contributed by atoms with Gasteiger partial charge in [-0.1, -0.05) is 0 Å². The average Bonchev–Trinajstić information content (AvgIpc) is 2.59. The number of hydrogen-bond donors (Lipinski definition) is 1. The molecule has 6 nitrogen and oxygen atoms in total. The second-order valence-electron chi connectivity index (χ2n) is 6.20. The van der Waals surface area contributed by atoms with E-state index in [-0.39, 0.29) is 17.2 Å². The van der Waals surface area contributed by atoms with Crippen LogP contribution >= 0.6 is 0 Å². The fraction of sp³-hybridized carbons (Fsp3) is 0.278. The minimum Gasteiger partial charge on any atom is -0.486 e. The van der Waals surface area contributed by atoms with Gasteiger partial charge in [0.1, 0.15) is 23.5 Å². The van der Waals surface area contributed by atoms with Gasteiger partial charge in [-0.05, 0) is 55.8 Å². The summed E-state index contributed by atoms with van der Waals surface area (Å²) in [4.78, 5) is 11.2. The van der Waals surface area contributed by atoms with E-state index in [0.29, 0.717) is 30.0 Å². The lowest BCUT2D eigenvalue weighted by atomic mass is 10.1. The lowest BCUT2D eigenvalue weighted by Gasteiger charge is -2.35. The fourth-order valence-corrected chi connectivity index (χ4v) is 4.30. The van der Waals surface area contributed by atoms with Crippen molar-refractivity contribution in [1.29, 1.82) is 0 Å². The number of fused-ring (bicyclic) bond motifs is 1. The van der Waals surface area contributed by atoms with Gasteiger partial charge in [-0.2, -0.15) is 0 Å². The summed E-state index contributed by atoms with van der Waals surface area (Å²) in [6.45, 7) is 1.52. The van der Waals surface area contributed by atoms with Crippen LogP contribution in [-0.4, -0.2) is 26.8 Å². The van der Waals surface area contributed by atoms with E-state index in [1.165, 1.54) is 29.4 Å². The van der Waals surface area contributed by atoms with Crippen LogP contribution in [-0.2, 0) is 14.8 Å². The number of hydrogen-bond acceptors (Lipinski definition) is 5. The van der Waals surface area contributed by atoms with Crippen molar-refractivity contribution >= 4 is 27.2 Å². The Balaban J connectivity index is 2.01. The first-order chi connectivity index (χ1) is 12.3. The van der Waals surface area contributed by atoms with Gasteiger partial charge >= 0.3 is 0 Å². The van der Waals surface area contributed by atoms with Crippen LogP contribution in [0.2, 0.25) is 0 Å². The van der Waals surface area contributed by atoms with Crippen LogP contribution in [0, 0.1) is 5.82 Å². The molecule has 2 aromatic carbocycles. The first-order valence-electron chi connectivity index (χ1n) is 8.11. The normalized spacial score (nSPS) is 16.7. The number of benzene rings is 2. The molecule has 0 saturated carbocycles. The predicted octanol–water partition coefficient (Wildman–Crippen LogP) is 2.73. The predicted molar refractivity (Wildman–Crippen MR) is 96.1 cm³/mol. The summed E-state index contributed by atoms with van der Waals surface area (Å²) in [5, 5.41) is 0. The van der Waals surface area contributed by atoms with E-state index in [1.807, 2.05) is 0 Å². The number of carbonyl (C=O) groups is 1. The molecule has 26 heavy (non-hydrogen) atoms. The van der Waals surface area contributed by atoms with Crippen molar-refractivity contribution in [3.8, 4) is 5.75 Å². The fourth-order valence-electron chi connectivity index (χ4n) is 2.80. The van der Waals surface area contributed by atoms with Gasteiger partial charge < -0.3 is 15.3 Å². The number of ketones is 1. The van der Waals surface area contributed by atoms with Gasteiger partial charge in [0.25, 0.3) is 10.0 Å². The summed E-state index contributed by atoms with van der Waals surface area (Å²) in [7, 11) is -3.93. The maximum atomic E-state index is 13.2. The van der Waals surface area contributed by atoms with Crippen LogP contribution in [0.25, 0.3) is 0 Å². The first-order valence-corrected chi connectivity index (χ1v) is 9.55. The summed E-state index contributed by atoms with van der Waals surface area (Å²) in [5.41, 5.74) is 6.53. The SMILES string of the molecule is CC(=O)CC[C@H]1CN(S(=O)(=O)c2ccc(F)cc2)c2cc(N)ccc2O1. The van der Waals surface area contributed by atoms with Gasteiger partial charge in [0.05, 0.1) is 17.1 Å². The summed E-state index contributed by atoms with van der Waals surface area (Å²) in [6, 6.07) is 9.39. The van der Waals surface area contributed by atoms with Crippen molar-refractivity contribution in [2.45, 2.75) is 30.8 Å². The maximum Gasteiger partial charge on any atom is 0.264 e. The second-order valence-corrected chi connectivity index (χ2v) is 8.06. The highest BCUT2D eigenvalue weighted by Crippen LogP contribution is 2.39. The van der Waals surface area contributed by atoms with E-state index in [1.54, 1.807) is 12.1 Å². The van der Waals surface area contributed by atoms with Crippen molar-refractivity contribution in [2.75, 3.05) is 16.6 Å². The quantitative estimate of drug-likeness (QED) is 0.808. The monoisotopic (exact) mass is 378 g/mol. The molecule has 1 heterocycles. The van der Waals surface area contributed by atoms with Crippen molar-refractivity contribution in [2.24, 2.45) is 0 Å². The standard InChI is InChI=1S/C18H19FN2O4S/c1-12(22)2-6-15-11-21(17-10-14(20)5-9-18(17)25-15)26(23,24)16-7-3-13(19)4-8-16/h3-5,7-10,15H,2,6,11,20H2,1H3/t15-/m0/s1. The third-order valence-electron chi connectivity index (χ3n) is 4.13. The van der Waals surface area contributed by atoms with E-state index in [2.05, 4.69) is 0 Å². The highest BCUT2D eigenvalue weighted by Gasteiger charge is 2.34. The number of nitrogens with zero attached hydrogens (tertiary/aromatic N) is 1. The van der Waals surface area contributed by atoms with Crippen LogP contribution in [0.3, 0.4) is 0 Å². The number of rotatable bonds is 5. The number of sulfonamides is 1. The molecule has 1 atom stereocenters. The van der Waals surface area contributed by atoms with E-state index in [9.17, 15) is 17.6 Å². The lowest BCUT2D eigenvalue weighted by molar-refractivity contribution is -0.117. The molecule has 2 aromatic rings. The van der Waals surface area contributed by atoms with E-state index in [0.717, 1.165) is 12.1 Å². The lowest BCUT2D eigenvalue weighted by Crippen LogP contribution is -2.43. The van der Waals surface area contributed by atoms with Crippen molar-refractivity contribution in [3.63, 3.8) is 0 Å². The number of Topliss-reactive ketones (excluding diaryl/α,β-unsaturated/α-hetero) is 1. The number of anilines is 2. The number of nitrogen functional groups attached to an aromatic ring is 1. The van der Waals surface area contributed by atoms with Crippen LogP contribution in [0.15, 0.2) is 47.4 Å². The maximum absolute atomic E-state index is 13.2. The molecule has 0 radical (unpaired) electrons. The third kappa shape index (κ3) is 3.65. The molecule has 0 fully saturated rings. The largest absolute Gasteiger partial charge is 0.486 e. The number of carbonyl (C=O) groups excluding carboxylic acids is 1. The molecule has 0 spiro atoms. The second kappa shape index (κ2) is 6.95. The molecule has 0 aromatic heterocycles. The van der Waals surface area contributed by atoms with E-state index >= 15 is 0 Å². The van der Waals surface area contributed by atoms with Gasteiger partial charge in [0.15, 0.2) is 0 Å². The minimum absolute atomic E-state index is 0.00430. The van der Waals surface area contributed by atoms with E-state index < -0.39 is 21.9 Å². The number of nitrogens with two attached hydrogens (primary N) is 1. The average molecular weight is 378 g/mol.